The van der Waals surface area contributed by atoms with Gasteiger partial charge in [-0.25, -0.2) is 9.37 Å². The first-order valence-electron chi connectivity index (χ1n) is 7.85. The SMILES string of the molecule is N#CC(CCc1cccc(F)c1)(Cn1cncn1)c1ccc(Cl)cc1. The van der Waals surface area contributed by atoms with Crippen molar-refractivity contribution in [1.29, 1.82) is 5.26 Å². The molecule has 0 aliphatic carbocycles. The molecular weight excluding hydrogens is 339 g/mol. The Morgan fingerprint density at radius 2 is 2.00 bits per heavy atom. The highest BCUT2D eigenvalue weighted by atomic mass is 35.5. The summed E-state index contributed by atoms with van der Waals surface area (Å²) in [5.74, 6) is -0.275. The minimum atomic E-state index is -0.815. The van der Waals surface area contributed by atoms with Gasteiger partial charge in [-0.3, -0.25) is 4.68 Å². The minimum absolute atomic E-state index is 0.275. The number of hydrogen-bond acceptors (Lipinski definition) is 3. The summed E-state index contributed by atoms with van der Waals surface area (Å²) in [6.07, 6.45) is 4.12. The van der Waals surface area contributed by atoms with Crippen molar-refractivity contribution < 1.29 is 4.39 Å². The van der Waals surface area contributed by atoms with Crippen LogP contribution in [0.1, 0.15) is 17.5 Å². The van der Waals surface area contributed by atoms with E-state index in [-0.39, 0.29) is 5.82 Å². The van der Waals surface area contributed by atoms with Crippen molar-refractivity contribution in [3.05, 3.63) is 83.2 Å². The van der Waals surface area contributed by atoms with Gasteiger partial charge >= 0.3 is 0 Å². The number of aryl methyl sites for hydroxylation is 1. The second-order valence-electron chi connectivity index (χ2n) is 5.92. The van der Waals surface area contributed by atoms with Crippen molar-refractivity contribution >= 4 is 11.6 Å². The van der Waals surface area contributed by atoms with Gasteiger partial charge in [0.25, 0.3) is 0 Å². The summed E-state index contributed by atoms with van der Waals surface area (Å²) < 4.78 is 15.1. The molecule has 0 saturated carbocycles. The molecule has 2 aromatic carbocycles. The van der Waals surface area contributed by atoms with Crippen LogP contribution in [0.15, 0.2) is 61.2 Å². The van der Waals surface area contributed by atoms with Crippen molar-refractivity contribution in [1.82, 2.24) is 14.8 Å². The lowest BCUT2D eigenvalue weighted by atomic mass is 9.77. The normalized spacial score (nSPS) is 13.2. The summed E-state index contributed by atoms with van der Waals surface area (Å²) in [6, 6.07) is 16.2. The Morgan fingerprint density at radius 1 is 1.20 bits per heavy atom. The maximum absolute atomic E-state index is 13.4. The Morgan fingerprint density at radius 3 is 2.64 bits per heavy atom. The third kappa shape index (κ3) is 4.04. The van der Waals surface area contributed by atoms with E-state index in [1.54, 1.807) is 29.2 Å². The third-order valence-electron chi connectivity index (χ3n) is 4.24. The average Bonchev–Trinajstić information content (AvgIpc) is 3.12. The van der Waals surface area contributed by atoms with Crippen LogP contribution < -0.4 is 0 Å². The molecule has 1 atom stereocenters. The molecular formula is C19H16ClFN4. The Labute approximate surface area is 150 Å². The molecule has 0 amide bonds. The van der Waals surface area contributed by atoms with Gasteiger partial charge in [-0.05, 0) is 48.2 Å². The third-order valence-corrected chi connectivity index (χ3v) is 4.49. The molecule has 0 bridgehead atoms. The zero-order chi connectivity index (χ0) is 17.7. The van der Waals surface area contributed by atoms with Crippen molar-refractivity contribution in [2.24, 2.45) is 0 Å². The maximum Gasteiger partial charge on any atom is 0.137 e. The van der Waals surface area contributed by atoms with Crippen molar-refractivity contribution in [3.8, 4) is 6.07 Å². The first-order valence-corrected chi connectivity index (χ1v) is 8.23. The second kappa shape index (κ2) is 7.45. The lowest BCUT2D eigenvalue weighted by molar-refractivity contribution is 0.401. The van der Waals surface area contributed by atoms with Crippen molar-refractivity contribution in [2.75, 3.05) is 0 Å². The maximum atomic E-state index is 13.4. The summed E-state index contributed by atoms with van der Waals surface area (Å²) in [5, 5.41) is 14.8. The highest BCUT2D eigenvalue weighted by molar-refractivity contribution is 6.30. The second-order valence-corrected chi connectivity index (χ2v) is 6.36. The van der Waals surface area contributed by atoms with E-state index in [0.29, 0.717) is 24.4 Å². The minimum Gasteiger partial charge on any atom is -0.251 e. The van der Waals surface area contributed by atoms with Crippen LogP contribution in [-0.2, 0) is 18.4 Å². The van der Waals surface area contributed by atoms with Gasteiger partial charge in [0.1, 0.15) is 23.9 Å². The first-order chi connectivity index (χ1) is 12.1. The predicted molar refractivity (Wildman–Crippen MR) is 93.5 cm³/mol. The number of benzene rings is 2. The van der Waals surface area contributed by atoms with E-state index < -0.39 is 5.41 Å². The van der Waals surface area contributed by atoms with Crippen LogP contribution in [0, 0.1) is 17.1 Å². The van der Waals surface area contributed by atoms with Crippen LogP contribution in [0.4, 0.5) is 4.39 Å². The molecule has 4 nitrogen and oxygen atoms in total. The molecule has 0 radical (unpaired) electrons. The predicted octanol–water partition coefficient (Wildman–Crippen LogP) is 4.16. The van der Waals surface area contributed by atoms with Crippen LogP contribution in [0.3, 0.4) is 0 Å². The molecule has 0 aliphatic rings. The Balaban J connectivity index is 1.92. The lowest BCUT2D eigenvalue weighted by Crippen LogP contribution is -2.31. The number of aromatic nitrogens is 3. The van der Waals surface area contributed by atoms with Gasteiger partial charge in [0.2, 0.25) is 0 Å². The molecule has 0 spiro atoms. The summed E-state index contributed by atoms with van der Waals surface area (Å²) >= 11 is 5.99. The van der Waals surface area contributed by atoms with Gasteiger partial charge < -0.3 is 0 Å². The highest BCUT2D eigenvalue weighted by Crippen LogP contribution is 2.32. The van der Waals surface area contributed by atoms with Crippen LogP contribution in [0.5, 0.6) is 0 Å². The molecule has 126 valence electrons. The smallest absolute Gasteiger partial charge is 0.137 e. The van der Waals surface area contributed by atoms with Crippen LogP contribution >= 0.6 is 11.6 Å². The molecule has 3 rings (SSSR count). The van der Waals surface area contributed by atoms with E-state index in [2.05, 4.69) is 16.2 Å². The van der Waals surface area contributed by atoms with E-state index in [4.69, 9.17) is 11.6 Å². The molecule has 6 heteroatoms. The topological polar surface area (TPSA) is 54.5 Å². The monoisotopic (exact) mass is 354 g/mol. The fraction of sp³-hybridized carbons (Fsp3) is 0.211. The standard InChI is InChI=1S/C19H16ClFN4/c20-17-6-4-16(5-7-17)19(11-22,12-25-14-23-13-24-25)9-8-15-2-1-3-18(21)10-15/h1-7,10,13-14H,8-9,12H2. The van der Waals surface area contributed by atoms with Gasteiger partial charge in [0.05, 0.1) is 12.6 Å². The number of hydrogen-bond donors (Lipinski definition) is 0. The Kier molecular flexibility index (Phi) is 5.11. The zero-order valence-corrected chi connectivity index (χ0v) is 14.2. The number of halogens is 2. The first kappa shape index (κ1) is 17.1. The molecule has 0 fully saturated rings. The lowest BCUT2D eigenvalue weighted by Gasteiger charge is -2.27. The summed E-state index contributed by atoms with van der Waals surface area (Å²) in [7, 11) is 0. The zero-order valence-electron chi connectivity index (χ0n) is 13.4. The number of nitrogens with zero attached hydrogens (tertiary/aromatic N) is 4. The molecule has 3 aromatic rings. The van der Waals surface area contributed by atoms with Gasteiger partial charge in [-0.2, -0.15) is 10.4 Å². The molecule has 1 heterocycles. The van der Waals surface area contributed by atoms with E-state index in [1.165, 1.54) is 18.5 Å². The van der Waals surface area contributed by atoms with E-state index in [1.807, 2.05) is 18.2 Å². The fourth-order valence-electron chi connectivity index (χ4n) is 2.88. The summed E-state index contributed by atoms with van der Waals surface area (Å²) in [6.45, 7) is 0.362. The van der Waals surface area contributed by atoms with Crippen LogP contribution in [0.2, 0.25) is 5.02 Å². The van der Waals surface area contributed by atoms with E-state index in [0.717, 1.165) is 11.1 Å². The molecule has 1 unspecified atom stereocenters. The number of rotatable bonds is 6. The highest BCUT2D eigenvalue weighted by Gasteiger charge is 2.33. The van der Waals surface area contributed by atoms with Crippen molar-refractivity contribution in [3.63, 3.8) is 0 Å². The summed E-state index contributed by atoms with van der Waals surface area (Å²) in [4.78, 5) is 3.95. The van der Waals surface area contributed by atoms with E-state index >= 15 is 0 Å². The molecule has 0 aliphatic heterocycles. The molecule has 0 saturated heterocycles. The van der Waals surface area contributed by atoms with Gasteiger partial charge in [-0.1, -0.05) is 35.9 Å². The quantitative estimate of drug-likeness (QED) is 0.667. The van der Waals surface area contributed by atoms with Crippen molar-refractivity contribution in [2.45, 2.75) is 24.8 Å². The molecule has 0 N–H and O–H groups in total. The largest absolute Gasteiger partial charge is 0.251 e. The van der Waals surface area contributed by atoms with Gasteiger partial charge in [-0.15, -0.1) is 0 Å². The van der Waals surface area contributed by atoms with Crippen LogP contribution in [0.25, 0.3) is 0 Å². The van der Waals surface area contributed by atoms with Gasteiger partial charge in [0.15, 0.2) is 0 Å². The number of nitriles is 1. The van der Waals surface area contributed by atoms with Gasteiger partial charge in [0, 0.05) is 5.02 Å². The average molecular weight is 355 g/mol. The summed E-state index contributed by atoms with van der Waals surface area (Å²) in [5.41, 5.74) is 0.892. The van der Waals surface area contributed by atoms with Crippen LogP contribution in [-0.4, -0.2) is 14.8 Å². The molecule has 1 aromatic heterocycles. The Bertz CT molecular complexity index is 871. The Hall–Kier alpha value is -2.71. The molecule has 25 heavy (non-hydrogen) atoms. The fourth-order valence-corrected chi connectivity index (χ4v) is 3.01. The van der Waals surface area contributed by atoms with E-state index in [9.17, 15) is 9.65 Å².